The summed E-state index contributed by atoms with van der Waals surface area (Å²) < 4.78 is 37.3. The number of rotatable bonds is 4. The van der Waals surface area contributed by atoms with Gasteiger partial charge in [-0.2, -0.15) is 0 Å². The molecule has 12 rings (SSSR count). The number of nitrogens with one attached hydrogen (secondary N) is 2. The van der Waals surface area contributed by atoms with Crippen LogP contribution >= 0.6 is 11.8 Å². The Morgan fingerprint density at radius 3 is 2.65 bits per heavy atom. The standard InChI is InChI=1S/C45H53N5O9S/c1-19-11-27-33(44(6,53)41(19)55-8)34-35-39-32-31(38-37(57-18-58-38)20(2)36(32)59-22(4)51)30(49(35)21(3)29-14-43(27,5)50(29)34)16-56-42(52)45(17-60-39)40-26(12-23(15-46)48-45)25-13-24(54-7)9-10-28(25)47-40/h9-11,13,21,23,29-30,34-35,39,41,47-48,53H,12,14-18,46H2,1-8H3/t21-,23-,29-,30-,34+,35+,39+,41?,43+,44?,45+/m0/s1. The SMILES string of the molecule is COc1ccc2[nH]c3c(c2c1)C[C@@H](CN)N[C@]31CS[C@@H]2c3c(OC(C)=O)c(C)c4c(c3[C@H](COC1=O)N1[C@@H]2[C@H]2C3=C(C=C(C)C(OC)C3(C)O)[C@@]3(C)C[C@@H]([C@@H]1C)N23)OCO4. The van der Waals surface area contributed by atoms with E-state index in [-0.39, 0.29) is 54.9 Å². The van der Waals surface area contributed by atoms with Gasteiger partial charge in [-0.05, 0) is 87.9 Å². The van der Waals surface area contributed by atoms with Gasteiger partial charge in [0.15, 0.2) is 17.0 Å². The highest BCUT2D eigenvalue weighted by Crippen LogP contribution is 2.68. The van der Waals surface area contributed by atoms with Crippen molar-refractivity contribution in [2.75, 3.05) is 39.9 Å². The molecule has 9 aliphatic rings. The molecule has 318 valence electrons. The molecule has 0 amide bonds. The molecule has 0 radical (unpaired) electrons. The molecule has 8 aliphatic heterocycles. The summed E-state index contributed by atoms with van der Waals surface area (Å²) in [7, 11) is 3.31. The second kappa shape index (κ2) is 13.0. The summed E-state index contributed by atoms with van der Waals surface area (Å²) >= 11 is 1.64. The minimum Gasteiger partial charge on any atom is -0.497 e. The van der Waals surface area contributed by atoms with Crippen LogP contribution in [0.2, 0.25) is 0 Å². The molecule has 15 heteroatoms. The Morgan fingerprint density at radius 2 is 1.92 bits per heavy atom. The van der Waals surface area contributed by atoms with Gasteiger partial charge in [0.25, 0.3) is 0 Å². The number of nitrogens with two attached hydrogens (primary N) is 1. The molecule has 2 unspecified atom stereocenters. The highest BCUT2D eigenvalue weighted by Gasteiger charge is 2.72. The largest absolute Gasteiger partial charge is 0.497 e. The maximum Gasteiger partial charge on any atom is 0.333 e. The number of piperazine rings is 1. The lowest BCUT2D eigenvalue weighted by Gasteiger charge is -2.68. The summed E-state index contributed by atoms with van der Waals surface area (Å²) in [6, 6.07) is 4.75. The summed E-state index contributed by atoms with van der Waals surface area (Å²) in [4.78, 5) is 37.2. The van der Waals surface area contributed by atoms with Gasteiger partial charge in [0.2, 0.25) is 6.79 Å². The maximum atomic E-state index is 15.2. The molecule has 3 saturated heterocycles. The van der Waals surface area contributed by atoms with Crippen molar-refractivity contribution in [1.29, 1.82) is 0 Å². The summed E-state index contributed by atoms with van der Waals surface area (Å²) in [5.41, 5.74) is 11.6. The number of aliphatic hydroxyl groups is 1. The first-order valence-electron chi connectivity index (χ1n) is 21.0. The third-order valence-electron chi connectivity index (χ3n) is 15.3. The Labute approximate surface area is 353 Å². The van der Waals surface area contributed by atoms with Crippen molar-refractivity contribution in [3.63, 3.8) is 0 Å². The van der Waals surface area contributed by atoms with Gasteiger partial charge in [-0.15, -0.1) is 11.8 Å². The van der Waals surface area contributed by atoms with E-state index < -0.39 is 40.5 Å². The molecular formula is C45H53N5O9S. The first-order chi connectivity index (χ1) is 28.7. The number of thioether (sulfide) groups is 1. The summed E-state index contributed by atoms with van der Waals surface area (Å²) in [5, 5.41) is 17.2. The number of carbonyl (C=O) groups excluding carboxylic acids is 2. The second-order valence-corrected chi connectivity index (χ2v) is 19.5. The fourth-order valence-electron chi connectivity index (χ4n) is 13.0. The Bertz CT molecular complexity index is 2480. The predicted octanol–water partition coefficient (Wildman–Crippen LogP) is 4.20. The maximum absolute atomic E-state index is 15.2. The number of hydrogen-bond donors (Lipinski definition) is 4. The van der Waals surface area contributed by atoms with Crippen molar-refractivity contribution in [3.8, 4) is 23.0 Å². The summed E-state index contributed by atoms with van der Waals surface area (Å²) in [6.07, 6.45) is 3.21. The molecule has 60 heavy (non-hydrogen) atoms. The zero-order valence-electron chi connectivity index (χ0n) is 35.3. The number of nitrogens with zero attached hydrogens (tertiary/aromatic N) is 2. The van der Waals surface area contributed by atoms with E-state index in [1.54, 1.807) is 26.0 Å². The summed E-state index contributed by atoms with van der Waals surface area (Å²) in [6.45, 7) is 12.1. The van der Waals surface area contributed by atoms with Crippen LogP contribution in [0.3, 0.4) is 0 Å². The molecule has 1 aromatic heterocycles. The fraction of sp³-hybridized carbons (Fsp3) is 0.556. The third-order valence-corrected chi connectivity index (χ3v) is 16.8. The number of methoxy groups -OCH3 is 2. The smallest absolute Gasteiger partial charge is 0.333 e. The number of esters is 2. The summed E-state index contributed by atoms with van der Waals surface area (Å²) in [5.74, 6) is 1.67. The minimum atomic E-state index is -1.33. The highest BCUT2D eigenvalue weighted by molar-refractivity contribution is 7.99. The molecule has 2 bridgehead atoms. The van der Waals surface area contributed by atoms with Crippen molar-refractivity contribution in [1.82, 2.24) is 20.1 Å². The van der Waals surface area contributed by atoms with Crippen molar-refractivity contribution in [2.24, 2.45) is 5.73 Å². The predicted molar refractivity (Wildman–Crippen MR) is 223 cm³/mol. The van der Waals surface area contributed by atoms with Gasteiger partial charge in [-0.25, -0.2) is 4.79 Å². The van der Waals surface area contributed by atoms with Crippen LogP contribution < -0.4 is 30.0 Å². The molecule has 0 saturated carbocycles. The van der Waals surface area contributed by atoms with E-state index in [0.29, 0.717) is 35.8 Å². The first kappa shape index (κ1) is 38.8. The van der Waals surface area contributed by atoms with Gasteiger partial charge in [0, 0.05) is 83.6 Å². The van der Waals surface area contributed by atoms with E-state index in [1.807, 2.05) is 39.0 Å². The van der Waals surface area contributed by atoms with Crippen LogP contribution in [0.4, 0.5) is 0 Å². The number of aromatic amines is 1. The van der Waals surface area contributed by atoms with E-state index in [1.165, 1.54) is 6.92 Å². The second-order valence-electron chi connectivity index (χ2n) is 18.4. The van der Waals surface area contributed by atoms with Gasteiger partial charge < -0.3 is 44.2 Å². The third kappa shape index (κ3) is 4.77. The van der Waals surface area contributed by atoms with E-state index in [0.717, 1.165) is 62.2 Å². The number of hydrogen-bond acceptors (Lipinski definition) is 14. The van der Waals surface area contributed by atoms with Crippen LogP contribution in [0.5, 0.6) is 23.0 Å². The molecule has 14 nitrogen and oxygen atoms in total. The Hall–Kier alpha value is -4.09. The zero-order valence-corrected chi connectivity index (χ0v) is 36.1. The van der Waals surface area contributed by atoms with Gasteiger partial charge in [0.05, 0.1) is 30.1 Å². The molecule has 3 fully saturated rings. The number of carbonyl (C=O) groups is 2. The van der Waals surface area contributed by atoms with Gasteiger partial charge in [-0.3, -0.25) is 19.9 Å². The molecular weight excluding hydrogens is 787 g/mol. The van der Waals surface area contributed by atoms with Crippen molar-refractivity contribution >= 4 is 34.6 Å². The van der Waals surface area contributed by atoms with E-state index >= 15 is 4.79 Å². The van der Waals surface area contributed by atoms with E-state index in [2.05, 4.69) is 40.0 Å². The lowest BCUT2D eigenvalue weighted by atomic mass is 9.69. The van der Waals surface area contributed by atoms with Crippen LogP contribution in [0.15, 0.2) is 41.0 Å². The average molecular weight is 840 g/mol. The molecule has 5 N–H and O–H groups in total. The van der Waals surface area contributed by atoms with Crippen LogP contribution in [-0.4, -0.2) is 119 Å². The van der Waals surface area contributed by atoms with Gasteiger partial charge >= 0.3 is 11.9 Å². The Kier molecular flexibility index (Phi) is 8.39. The monoisotopic (exact) mass is 839 g/mol. The topological polar surface area (TPSA) is 170 Å². The van der Waals surface area contributed by atoms with Gasteiger partial charge in [-0.1, -0.05) is 6.08 Å². The average Bonchev–Trinajstić information content (AvgIpc) is 3.90. The molecule has 3 aromatic rings. The van der Waals surface area contributed by atoms with Crippen molar-refractivity contribution in [3.05, 3.63) is 68.9 Å². The molecule has 9 heterocycles. The molecule has 1 spiro atoms. The Balaban J connectivity index is 1.17. The van der Waals surface area contributed by atoms with Crippen LogP contribution in [0, 0.1) is 6.92 Å². The minimum absolute atomic E-state index is 0.00318. The lowest BCUT2D eigenvalue weighted by molar-refractivity contribution is -0.177. The van der Waals surface area contributed by atoms with E-state index in [9.17, 15) is 9.90 Å². The van der Waals surface area contributed by atoms with Crippen LogP contribution in [0.25, 0.3) is 10.9 Å². The number of ether oxygens (including phenoxy) is 6. The van der Waals surface area contributed by atoms with Crippen LogP contribution in [0.1, 0.15) is 80.3 Å². The number of fused-ring (bicyclic) bond motifs is 9. The fourth-order valence-corrected chi connectivity index (χ4v) is 14.7. The highest BCUT2D eigenvalue weighted by atomic mass is 32.2. The number of H-pyrrole nitrogens is 1. The molecule has 1 aliphatic carbocycles. The Morgan fingerprint density at radius 1 is 1.13 bits per heavy atom. The first-order valence-corrected chi connectivity index (χ1v) is 22.1. The van der Waals surface area contributed by atoms with Gasteiger partial charge in [0.1, 0.15) is 29.8 Å². The number of aromatic nitrogens is 1. The number of benzene rings is 2. The van der Waals surface area contributed by atoms with Crippen molar-refractivity contribution in [2.45, 2.75) is 119 Å². The molecule has 11 atom stereocenters. The quantitative estimate of drug-likeness (QED) is 0.218. The molecule has 2 aromatic carbocycles. The van der Waals surface area contributed by atoms with Crippen molar-refractivity contribution < 1.29 is 43.1 Å². The normalized spacial score (nSPS) is 37.4. The van der Waals surface area contributed by atoms with E-state index in [4.69, 9.17) is 34.2 Å². The van der Waals surface area contributed by atoms with Crippen LogP contribution in [-0.2, 0) is 31.0 Å². The zero-order chi connectivity index (χ0) is 41.9. The lowest BCUT2D eigenvalue weighted by Crippen LogP contribution is -2.79.